The van der Waals surface area contributed by atoms with Crippen LogP contribution in [0.3, 0.4) is 0 Å². The highest BCUT2D eigenvalue weighted by molar-refractivity contribution is 5.91. The Hall–Kier alpha value is -1.96. The van der Waals surface area contributed by atoms with E-state index in [1.165, 1.54) is 0 Å². The monoisotopic (exact) mass is 225 g/mol. The maximum absolute atomic E-state index is 13.4. The summed E-state index contributed by atoms with van der Waals surface area (Å²) in [6, 6.07) is 3.39. The highest BCUT2D eigenvalue weighted by atomic mass is 19.1. The second-order valence-electron chi connectivity index (χ2n) is 2.94. The number of carbonyl (C=O) groups excluding carboxylic acids is 1. The van der Waals surface area contributed by atoms with Crippen molar-refractivity contribution in [3.05, 3.63) is 34.9 Å². The van der Waals surface area contributed by atoms with Gasteiger partial charge >= 0.3 is 5.97 Å². The standard InChI is InChI=1S/C11H9F2NO2/c1-2-16-11(15)10-7(5-6-14)8(12)3-4-9(10)13/h3-4H,2,5H2,1H3. The van der Waals surface area contributed by atoms with Gasteiger partial charge < -0.3 is 4.74 Å². The van der Waals surface area contributed by atoms with Crippen LogP contribution in [0.25, 0.3) is 0 Å². The molecular formula is C11H9F2NO2. The molecule has 0 unspecified atom stereocenters. The molecule has 0 radical (unpaired) electrons. The lowest BCUT2D eigenvalue weighted by Gasteiger charge is -2.08. The summed E-state index contributed by atoms with van der Waals surface area (Å²) in [6.07, 6.45) is -0.377. The fourth-order valence-corrected chi connectivity index (χ4v) is 1.27. The topological polar surface area (TPSA) is 50.1 Å². The average Bonchev–Trinajstić information content (AvgIpc) is 2.24. The molecule has 0 N–H and O–H groups in total. The van der Waals surface area contributed by atoms with Crippen LogP contribution < -0.4 is 0 Å². The first-order valence-electron chi connectivity index (χ1n) is 4.62. The van der Waals surface area contributed by atoms with E-state index in [0.717, 1.165) is 12.1 Å². The number of nitriles is 1. The molecule has 0 heterocycles. The minimum absolute atomic E-state index is 0.0563. The number of rotatable bonds is 3. The van der Waals surface area contributed by atoms with E-state index < -0.39 is 23.2 Å². The number of halogens is 2. The first kappa shape index (κ1) is 12.1. The Morgan fingerprint density at radius 3 is 2.62 bits per heavy atom. The van der Waals surface area contributed by atoms with Crippen LogP contribution in [0, 0.1) is 23.0 Å². The Kier molecular flexibility index (Phi) is 3.95. The van der Waals surface area contributed by atoms with Gasteiger partial charge in [0.2, 0.25) is 0 Å². The van der Waals surface area contributed by atoms with Gasteiger partial charge in [-0.2, -0.15) is 5.26 Å². The van der Waals surface area contributed by atoms with Gasteiger partial charge in [-0.25, -0.2) is 13.6 Å². The molecule has 0 fully saturated rings. The summed E-state index contributed by atoms with van der Waals surface area (Å²) < 4.78 is 31.2. The molecule has 1 aromatic carbocycles. The summed E-state index contributed by atoms with van der Waals surface area (Å²) in [6.45, 7) is 1.61. The van der Waals surface area contributed by atoms with Crippen LogP contribution in [0.1, 0.15) is 22.8 Å². The zero-order valence-corrected chi connectivity index (χ0v) is 8.59. The van der Waals surface area contributed by atoms with Crippen molar-refractivity contribution >= 4 is 5.97 Å². The summed E-state index contributed by atoms with van der Waals surface area (Å²) in [5.74, 6) is -2.62. The molecule has 1 aromatic rings. The van der Waals surface area contributed by atoms with Crippen molar-refractivity contribution in [2.75, 3.05) is 6.61 Å². The third-order valence-electron chi connectivity index (χ3n) is 1.94. The summed E-state index contributed by atoms with van der Waals surface area (Å²) in [5, 5.41) is 8.48. The summed E-state index contributed by atoms with van der Waals surface area (Å²) >= 11 is 0. The molecule has 0 aliphatic rings. The number of hydrogen-bond donors (Lipinski definition) is 0. The molecule has 0 saturated carbocycles. The Labute approximate surface area is 91.3 Å². The van der Waals surface area contributed by atoms with Crippen molar-refractivity contribution in [2.45, 2.75) is 13.3 Å². The number of esters is 1. The van der Waals surface area contributed by atoms with E-state index in [1.54, 1.807) is 13.0 Å². The predicted octanol–water partition coefficient (Wildman–Crippen LogP) is 2.21. The predicted molar refractivity (Wildman–Crippen MR) is 51.6 cm³/mol. The van der Waals surface area contributed by atoms with E-state index in [4.69, 9.17) is 5.26 Å². The molecule has 0 spiro atoms. The minimum atomic E-state index is -0.954. The van der Waals surface area contributed by atoms with Crippen molar-refractivity contribution in [1.82, 2.24) is 0 Å². The van der Waals surface area contributed by atoms with Gasteiger partial charge in [0.15, 0.2) is 0 Å². The van der Waals surface area contributed by atoms with E-state index in [-0.39, 0.29) is 18.6 Å². The summed E-state index contributed by atoms with van der Waals surface area (Å²) in [4.78, 5) is 11.4. The van der Waals surface area contributed by atoms with Crippen LogP contribution in [0.2, 0.25) is 0 Å². The lowest BCUT2D eigenvalue weighted by Crippen LogP contribution is -2.12. The van der Waals surface area contributed by atoms with Crippen molar-refractivity contribution in [1.29, 1.82) is 5.26 Å². The van der Waals surface area contributed by atoms with Crippen molar-refractivity contribution in [3.8, 4) is 6.07 Å². The highest BCUT2D eigenvalue weighted by Gasteiger charge is 2.21. The first-order chi connectivity index (χ1) is 7.61. The Balaban J connectivity index is 3.29. The SMILES string of the molecule is CCOC(=O)c1c(F)ccc(F)c1CC#N. The molecule has 16 heavy (non-hydrogen) atoms. The molecular weight excluding hydrogens is 216 g/mol. The van der Waals surface area contributed by atoms with Gasteiger partial charge in [0.05, 0.1) is 19.1 Å². The van der Waals surface area contributed by atoms with E-state index in [1.807, 2.05) is 0 Å². The maximum atomic E-state index is 13.4. The number of nitrogens with zero attached hydrogens (tertiary/aromatic N) is 1. The lowest BCUT2D eigenvalue weighted by molar-refractivity contribution is 0.0519. The minimum Gasteiger partial charge on any atom is -0.462 e. The van der Waals surface area contributed by atoms with E-state index in [0.29, 0.717) is 0 Å². The van der Waals surface area contributed by atoms with E-state index in [2.05, 4.69) is 4.74 Å². The molecule has 0 aromatic heterocycles. The lowest BCUT2D eigenvalue weighted by atomic mass is 10.0. The fourth-order valence-electron chi connectivity index (χ4n) is 1.27. The molecule has 3 nitrogen and oxygen atoms in total. The second kappa shape index (κ2) is 5.21. The third kappa shape index (κ3) is 2.34. The molecule has 0 atom stereocenters. The van der Waals surface area contributed by atoms with Crippen molar-refractivity contribution in [2.24, 2.45) is 0 Å². The molecule has 1 rings (SSSR count). The van der Waals surface area contributed by atoms with Gasteiger partial charge in [-0.1, -0.05) is 0 Å². The molecule has 0 saturated heterocycles. The zero-order chi connectivity index (χ0) is 12.1. The first-order valence-corrected chi connectivity index (χ1v) is 4.62. The molecule has 0 bridgehead atoms. The quantitative estimate of drug-likeness (QED) is 0.741. The fraction of sp³-hybridized carbons (Fsp3) is 0.273. The van der Waals surface area contributed by atoms with Gasteiger partial charge in [0, 0.05) is 5.56 Å². The van der Waals surface area contributed by atoms with Gasteiger partial charge in [-0.3, -0.25) is 0 Å². The van der Waals surface area contributed by atoms with E-state index >= 15 is 0 Å². The van der Waals surface area contributed by atoms with Crippen LogP contribution in [0.4, 0.5) is 8.78 Å². The van der Waals surface area contributed by atoms with Crippen LogP contribution >= 0.6 is 0 Å². The molecule has 84 valence electrons. The number of benzene rings is 1. The number of hydrogen-bond acceptors (Lipinski definition) is 3. The average molecular weight is 225 g/mol. The molecule has 5 heteroatoms. The number of carbonyl (C=O) groups is 1. The molecule has 0 aliphatic heterocycles. The van der Waals surface area contributed by atoms with Crippen LogP contribution in [0.5, 0.6) is 0 Å². The molecule has 0 aliphatic carbocycles. The van der Waals surface area contributed by atoms with Gasteiger partial charge in [-0.15, -0.1) is 0 Å². The van der Waals surface area contributed by atoms with E-state index in [9.17, 15) is 13.6 Å². The zero-order valence-electron chi connectivity index (χ0n) is 8.59. The van der Waals surface area contributed by atoms with Crippen LogP contribution in [0.15, 0.2) is 12.1 Å². The summed E-state index contributed by atoms with van der Waals surface area (Å²) in [7, 11) is 0. The summed E-state index contributed by atoms with van der Waals surface area (Å²) in [5.41, 5.74) is -0.760. The van der Waals surface area contributed by atoms with Gasteiger partial charge in [0.1, 0.15) is 17.2 Å². The smallest absolute Gasteiger partial charge is 0.341 e. The maximum Gasteiger partial charge on any atom is 0.341 e. The number of ether oxygens (including phenoxy) is 1. The Bertz CT molecular complexity index is 452. The third-order valence-corrected chi connectivity index (χ3v) is 1.94. The highest BCUT2D eigenvalue weighted by Crippen LogP contribution is 2.19. The van der Waals surface area contributed by atoms with Crippen molar-refractivity contribution < 1.29 is 18.3 Å². The Morgan fingerprint density at radius 2 is 2.06 bits per heavy atom. The molecule has 0 amide bonds. The Morgan fingerprint density at radius 1 is 1.44 bits per heavy atom. The second-order valence-corrected chi connectivity index (χ2v) is 2.94. The largest absolute Gasteiger partial charge is 0.462 e. The van der Waals surface area contributed by atoms with Crippen LogP contribution in [-0.4, -0.2) is 12.6 Å². The normalized spacial score (nSPS) is 9.62. The van der Waals surface area contributed by atoms with Gasteiger partial charge in [0.25, 0.3) is 0 Å². The van der Waals surface area contributed by atoms with Crippen molar-refractivity contribution in [3.63, 3.8) is 0 Å². The van der Waals surface area contributed by atoms with Gasteiger partial charge in [-0.05, 0) is 19.1 Å². The van der Waals surface area contributed by atoms with Crippen LogP contribution in [-0.2, 0) is 11.2 Å².